The predicted octanol–water partition coefficient (Wildman–Crippen LogP) is 5.87. The Bertz CT molecular complexity index is 1240. The molecule has 6 heteroatoms. The molecule has 6 nitrogen and oxygen atoms in total. The maximum absolute atomic E-state index is 12.5. The highest BCUT2D eigenvalue weighted by Gasteiger charge is 2.17. The van der Waals surface area contributed by atoms with Gasteiger partial charge in [-0.15, -0.1) is 0 Å². The van der Waals surface area contributed by atoms with Gasteiger partial charge in [-0.3, -0.25) is 0 Å². The van der Waals surface area contributed by atoms with Crippen molar-refractivity contribution in [1.82, 2.24) is 4.57 Å². The zero-order valence-electron chi connectivity index (χ0n) is 17.9. The number of methoxy groups -OCH3 is 1. The Morgan fingerprint density at radius 2 is 1.74 bits per heavy atom. The summed E-state index contributed by atoms with van der Waals surface area (Å²) in [7, 11) is 1.65. The molecule has 0 bridgehead atoms. The Hall–Kier alpha value is -3.93. The van der Waals surface area contributed by atoms with E-state index >= 15 is 0 Å². The van der Waals surface area contributed by atoms with Gasteiger partial charge in [0.15, 0.2) is 0 Å². The number of rotatable bonds is 5. The van der Waals surface area contributed by atoms with Crippen LogP contribution in [0.2, 0.25) is 0 Å². The van der Waals surface area contributed by atoms with E-state index in [2.05, 4.69) is 22.1 Å². The molecular weight excluding hydrogens is 388 g/mol. The lowest BCUT2D eigenvalue weighted by atomic mass is 10.1. The van der Waals surface area contributed by atoms with Crippen molar-refractivity contribution in [2.24, 2.45) is 0 Å². The summed E-state index contributed by atoms with van der Waals surface area (Å²) in [6, 6.07) is 21.0. The van der Waals surface area contributed by atoms with Crippen molar-refractivity contribution in [1.29, 1.82) is 0 Å². The Morgan fingerprint density at radius 1 is 1.00 bits per heavy atom. The number of nitrogens with two attached hydrogens (primary N) is 1. The second-order valence-corrected chi connectivity index (χ2v) is 7.42. The van der Waals surface area contributed by atoms with Crippen LogP contribution in [0, 0.1) is 6.92 Å². The fourth-order valence-corrected chi connectivity index (χ4v) is 3.80. The van der Waals surface area contributed by atoms with Crippen LogP contribution in [0.1, 0.15) is 12.5 Å². The average molecular weight is 415 g/mol. The van der Waals surface area contributed by atoms with Gasteiger partial charge in [0.1, 0.15) is 5.75 Å². The first kappa shape index (κ1) is 20.3. The molecule has 0 fully saturated rings. The van der Waals surface area contributed by atoms with Gasteiger partial charge in [-0.1, -0.05) is 29.8 Å². The maximum atomic E-state index is 12.5. The Labute approximate surface area is 181 Å². The number of benzene rings is 3. The summed E-state index contributed by atoms with van der Waals surface area (Å²) in [5.74, 6) is 0.787. The van der Waals surface area contributed by atoms with Crippen molar-refractivity contribution in [2.75, 3.05) is 23.5 Å². The molecule has 0 aliphatic heterocycles. The predicted molar refractivity (Wildman–Crippen MR) is 128 cm³/mol. The minimum atomic E-state index is -0.297. The van der Waals surface area contributed by atoms with E-state index in [0.29, 0.717) is 11.4 Å². The number of amides is 2. The third kappa shape index (κ3) is 4.05. The summed E-state index contributed by atoms with van der Waals surface area (Å²) >= 11 is 0. The third-order valence-corrected chi connectivity index (χ3v) is 5.33. The number of fused-ring (bicyclic) bond motifs is 1. The molecule has 3 aromatic carbocycles. The van der Waals surface area contributed by atoms with Crippen molar-refractivity contribution in [3.63, 3.8) is 0 Å². The minimum absolute atomic E-state index is 0.297. The second kappa shape index (κ2) is 8.44. The number of urea groups is 1. The highest BCUT2D eigenvalue weighted by Crippen LogP contribution is 2.38. The smallest absolute Gasteiger partial charge is 0.323 e. The summed E-state index contributed by atoms with van der Waals surface area (Å²) < 4.78 is 7.55. The largest absolute Gasteiger partial charge is 0.497 e. The van der Waals surface area contributed by atoms with Gasteiger partial charge in [-0.05, 0) is 50.2 Å². The standard InChI is InChI=1S/C25H26N4O2/c1-4-29-22-15-20(31-3)12-13-21(22)23(26)24(29)17-6-5-7-19(14-17)28-25(30)27-18-10-8-16(2)9-11-18/h5-15H,4,26H2,1-3H3,(H2,27,28,30). The van der Waals surface area contributed by atoms with Crippen LogP contribution in [0.5, 0.6) is 5.75 Å². The molecule has 2 amide bonds. The Balaban J connectivity index is 1.65. The molecule has 4 rings (SSSR count). The molecule has 4 N–H and O–H groups in total. The summed E-state index contributed by atoms with van der Waals surface area (Å²) in [6.45, 7) is 4.84. The molecular formula is C25H26N4O2. The molecule has 0 radical (unpaired) electrons. The highest BCUT2D eigenvalue weighted by molar-refractivity contribution is 6.03. The van der Waals surface area contributed by atoms with Crippen LogP contribution in [0.15, 0.2) is 66.7 Å². The molecule has 0 aliphatic carbocycles. The van der Waals surface area contributed by atoms with Gasteiger partial charge in [-0.25, -0.2) is 4.79 Å². The first-order valence-corrected chi connectivity index (χ1v) is 10.2. The molecule has 0 saturated carbocycles. The van der Waals surface area contributed by atoms with E-state index in [1.807, 2.05) is 73.7 Å². The van der Waals surface area contributed by atoms with E-state index in [1.54, 1.807) is 7.11 Å². The van der Waals surface area contributed by atoms with Crippen LogP contribution in [-0.2, 0) is 6.54 Å². The average Bonchev–Trinajstić information content (AvgIpc) is 3.06. The molecule has 31 heavy (non-hydrogen) atoms. The zero-order chi connectivity index (χ0) is 22.0. The number of aryl methyl sites for hydroxylation is 2. The van der Waals surface area contributed by atoms with Gasteiger partial charge in [0.25, 0.3) is 0 Å². The lowest BCUT2D eigenvalue weighted by Crippen LogP contribution is -2.19. The fourth-order valence-electron chi connectivity index (χ4n) is 3.80. The number of nitrogens with zero attached hydrogens (tertiary/aromatic N) is 1. The third-order valence-electron chi connectivity index (χ3n) is 5.33. The SMILES string of the molecule is CCn1c(-c2cccc(NC(=O)Nc3ccc(C)cc3)c2)c(N)c2ccc(OC)cc21. The molecule has 1 heterocycles. The highest BCUT2D eigenvalue weighted by atomic mass is 16.5. The number of hydrogen-bond acceptors (Lipinski definition) is 3. The molecule has 0 aliphatic rings. The normalized spacial score (nSPS) is 10.8. The molecule has 0 saturated heterocycles. The Kier molecular flexibility index (Phi) is 5.54. The van der Waals surface area contributed by atoms with Crippen molar-refractivity contribution in [3.8, 4) is 17.0 Å². The summed E-state index contributed by atoms with van der Waals surface area (Å²) in [4.78, 5) is 12.5. The van der Waals surface area contributed by atoms with E-state index in [0.717, 1.165) is 45.7 Å². The van der Waals surface area contributed by atoms with E-state index in [1.165, 1.54) is 0 Å². The maximum Gasteiger partial charge on any atom is 0.323 e. The summed E-state index contributed by atoms with van der Waals surface area (Å²) in [6.07, 6.45) is 0. The zero-order valence-corrected chi connectivity index (χ0v) is 17.9. The lowest BCUT2D eigenvalue weighted by Gasteiger charge is -2.12. The first-order chi connectivity index (χ1) is 15.0. The number of ether oxygens (including phenoxy) is 1. The van der Waals surface area contributed by atoms with E-state index < -0.39 is 0 Å². The fraction of sp³-hybridized carbons (Fsp3) is 0.160. The van der Waals surface area contributed by atoms with E-state index in [9.17, 15) is 4.79 Å². The van der Waals surface area contributed by atoms with Crippen LogP contribution in [0.4, 0.5) is 21.9 Å². The number of nitrogens with one attached hydrogen (secondary N) is 2. The van der Waals surface area contributed by atoms with Crippen molar-refractivity contribution >= 4 is 34.0 Å². The topological polar surface area (TPSA) is 81.3 Å². The summed E-state index contributed by atoms with van der Waals surface area (Å²) in [5.41, 5.74) is 12.7. The van der Waals surface area contributed by atoms with Crippen LogP contribution in [-0.4, -0.2) is 17.7 Å². The monoisotopic (exact) mass is 414 g/mol. The molecule has 1 aromatic heterocycles. The van der Waals surface area contributed by atoms with E-state index in [-0.39, 0.29) is 6.03 Å². The van der Waals surface area contributed by atoms with Crippen LogP contribution < -0.4 is 21.1 Å². The van der Waals surface area contributed by atoms with Gasteiger partial charge in [-0.2, -0.15) is 0 Å². The van der Waals surface area contributed by atoms with Gasteiger partial charge in [0.05, 0.1) is 24.0 Å². The second-order valence-electron chi connectivity index (χ2n) is 7.42. The van der Waals surface area contributed by atoms with Gasteiger partial charge in [0.2, 0.25) is 0 Å². The number of carbonyl (C=O) groups excluding carboxylic acids is 1. The molecule has 0 spiro atoms. The Morgan fingerprint density at radius 3 is 2.45 bits per heavy atom. The van der Waals surface area contributed by atoms with Crippen LogP contribution >= 0.6 is 0 Å². The molecule has 0 atom stereocenters. The molecule has 158 valence electrons. The van der Waals surface area contributed by atoms with Crippen molar-refractivity contribution in [3.05, 3.63) is 72.3 Å². The number of nitrogen functional groups attached to an aromatic ring is 1. The summed E-state index contributed by atoms with van der Waals surface area (Å²) in [5, 5.41) is 6.73. The van der Waals surface area contributed by atoms with E-state index in [4.69, 9.17) is 10.5 Å². The van der Waals surface area contributed by atoms with Crippen LogP contribution in [0.25, 0.3) is 22.2 Å². The number of aromatic nitrogens is 1. The quantitative estimate of drug-likeness (QED) is 0.382. The number of carbonyl (C=O) groups is 1. The lowest BCUT2D eigenvalue weighted by molar-refractivity contribution is 0.262. The van der Waals surface area contributed by atoms with Gasteiger partial charge < -0.3 is 25.7 Å². The van der Waals surface area contributed by atoms with Crippen molar-refractivity contribution in [2.45, 2.75) is 20.4 Å². The molecule has 0 unspecified atom stereocenters. The van der Waals surface area contributed by atoms with Crippen molar-refractivity contribution < 1.29 is 9.53 Å². The number of hydrogen-bond donors (Lipinski definition) is 3. The number of anilines is 3. The first-order valence-electron chi connectivity index (χ1n) is 10.2. The molecule has 4 aromatic rings. The van der Waals surface area contributed by atoms with Gasteiger partial charge >= 0.3 is 6.03 Å². The minimum Gasteiger partial charge on any atom is -0.497 e. The van der Waals surface area contributed by atoms with Crippen LogP contribution in [0.3, 0.4) is 0 Å². The van der Waals surface area contributed by atoms with Gasteiger partial charge in [0, 0.05) is 34.9 Å².